The molecular formula is C14H25N3O. The van der Waals surface area contributed by atoms with Crippen LogP contribution in [0, 0.1) is 0 Å². The molecule has 102 valence electrons. The molecule has 2 heterocycles. The Morgan fingerprint density at radius 2 is 2.44 bits per heavy atom. The molecule has 0 spiro atoms. The number of methoxy groups -OCH3 is 1. The highest BCUT2D eigenvalue weighted by Gasteiger charge is 2.19. The van der Waals surface area contributed by atoms with Crippen LogP contribution >= 0.6 is 0 Å². The largest absolute Gasteiger partial charge is 0.380 e. The number of rotatable bonds is 6. The van der Waals surface area contributed by atoms with E-state index in [1.807, 2.05) is 13.3 Å². The number of piperidine rings is 1. The lowest BCUT2D eigenvalue weighted by Crippen LogP contribution is -2.38. The summed E-state index contributed by atoms with van der Waals surface area (Å²) < 4.78 is 5.45. The van der Waals surface area contributed by atoms with Crippen molar-refractivity contribution >= 4 is 0 Å². The summed E-state index contributed by atoms with van der Waals surface area (Å²) in [6.07, 6.45) is 8.31. The molecule has 1 unspecified atom stereocenters. The Bertz CT molecular complexity index is 351. The van der Waals surface area contributed by atoms with Gasteiger partial charge in [0.1, 0.15) is 5.82 Å². The van der Waals surface area contributed by atoms with E-state index in [0.717, 1.165) is 25.3 Å². The molecule has 1 aromatic heterocycles. The first-order chi connectivity index (χ1) is 8.81. The Kier molecular flexibility index (Phi) is 5.20. The van der Waals surface area contributed by atoms with Crippen molar-refractivity contribution in [1.29, 1.82) is 0 Å². The molecule has 0 aliphatic carbocycles. The standard InChI is InChI=1S/C14H25N3O/c1-3-4-7-14-15-9-12(16-14)10-17-8-5-6-13(11-17)18-2/h9,13H,3-8,10-11H2,1-2H3,(H,15,16). The van der Waals surface area contributed by atoms with Crippen molar-refractivity contribution in [2.45, 2.75) is 51.7 Å². The van der Waals surface area contributed by atoms with Gasteiger partial charge in [0.05, 0.1) is 6.10 Å². The number of H-pyrrole nitrogens is 1. The molecule has 1 aliphatic heterocycles. The van der Waals surface area contributed by atoms with Gasteiger partial charge in [-0.1, -0.05) is 13.3 Å². The molecule has 0 saturated carbocycles. The molecule has 18 heavy (non-hydrogen) atoms. The van der Waals surface area contributed by atoms with Gasteiger partial charge in [0.2, 0.25) is 0 Å². The molecule has 1 atom stereocenters. The van der Waals surface area contributed by atoms with Crippen molar-refractivity contribution in [2.24, 2.45) is 0 Å². The average Bonchev–Trinajstić information content (AvgIpc) is 2.84. The van der Waals surface area contributed by atoms with Crippen LogP contribution in [0.1, 0.15) is 44.1 Å². The van der Waals surface area contributed by atoms with Crippen LogP contribution in [-0.2, 0) is 17.7 Å². The number of imidazole rings is 1. The Morgan fingerprint density at radius 3 is 3.22 bits per heavy atom. The minimum atomic E-state index is 0.404. The molecule has 2 rings (SSSR count). The Hall–Kier alpha value is -0.870. The third kappa shape index (κ3) is 3.82. The highest BCUT2D eigenvalue weighted by Crippen LogP contribution is 2.15. The summed E-state index contributed by atoms with van der Waals surface area (Å²) in [7, 11) is 1.81. The maximum absolute atomic E-state index is 5.45. The molecule has 1 aliphatic rings. The quantitative estimate of drug-likeness (QED) is 0.844. The maximum atomic E-state index is 5.45. The van der Waals surface area contributed by atoms with E-state index in [4.69, 9.17) is 4.74 Å². The number of likely N-dealkylation sites (tertiary alicyclic amines) is 1. The van der Waals surface area contributed by atoms with Crippen LogP contribution in [0.4, 0.5) is 0 Å². The molecular weight excluding hydrogens is 226 g/mol. The van der Waals surface area contributed by atoms with Gasteiger partial charge in [0.15, 0.2) is 0 Å². The monoisotopic (exact) mass is 251 g/mol. The van der Waals surface area contributed by atoms with Crippen molar-refractivity contribution < 1.29 is 4.74 Å². The Labute approximate surface area is 110 Å². The van der Waals surface area contributed by atoms with Gasteiger partial charge in [-0.15, -0.1) is 0 Å². The smallest absolute Gasteiger partial charge is 0.106 e. The summed E-state index contributed by atoms with van der Waals surface area (Å²) >= 11 is 0. The van der Waals surface area contributed by atoms with Crippen LogP contribution in [0.2, 0.25) is 0 Å². The number of nitrogens with zero attached hydrogens (tertiary/aromatic N) is 2. The van der Waals surface area contributed by atoms with Gasteiger partial charge >= 0.3 is 0 Å². The minimum absolute atomic E-state index is 0.404. The zero-order chi connectivity index (χ0) is 12.8. The second kappa shape index (κ2) is 6.90. The fourth-order valence-corrected chi connectivity index (χ4v) is 2.55. The lowest BCUT2D eigenvalue weighted by Gasteiger charge is -2.31. The third-order valence-corrected chi connectivity index (χ3v) is 3.64. The predicted molar refractivity (Wildman–Crippen MR) is 72.5 cm³/mol. The number of hydrogen-bond acceptors (Lipinski definition) is 3. The lowest BCUT2D eigenvalue weighted by atomic mass is 10.1. The van der Waals surface area contributed by atoms with E-state index in [1.54, 1.807) is 0 Å². The molecule has 0 amide bonds. The van der Waals surface area contributed by atoms with Gasteiger partial charge in [0, 0.05) is 38.5 Å². The fourth-order valence-electron chi connectivity index (χ4n) is 2.55. The van der Waals surface area contributed by atoms with Crippen LogP contribution in [0.25, 0.3) is 0 Å². The first-order valence-corrected chi connectivity index (χ1v) is 7.09. The Balaban J connectivity index is 1.83. The van der Waals surface area contributed by atoms with Gasteiger partial charge < -0.3 is 9.72 Å². The number of hydrogen-bond donors (Lipinski definition) is 1. The predicted octanol–water partition coefficient (Wildman–Crippen LogP) is 2.36. The first kappa shape index (κ1) is 13.6. The van der Waals surface area contributed by atoms with E-state index in [1.165, 1.54) is 37.9 Å². The summed E-state index contributed by atoms with van der Waals surface area (Å²) in [6, 6.07) is 0. The van der Waals surface area contributed by atoms with E-state index < -0.39 is 0 Å². The van der Waals surface area contributed by atoms with E-state index in [-0.39, 0.29) is 0 Å². The SMILES string of the molecule is CCCCc1ncc(CN2CCCC(OC)C2)[nH]1. The molecule has 1 saturated heterocycles. The molecule has 4 nitrogen and oxygen atoms in total. The molecule has 0 bridgehead atoms. The van der Waals surface area contributed by atoms with Gasteiger partial charge in [-0.2, -0.15) is 0 Å². The summed E-state index contributed by atoms with van der Waals surface area (Å²) in [5, 5.41) is 0. The maximum Gasteiger partial charge on any atom is 0.106 e. The number of aryl methyl sites for hydroxylation is 1. The van der Waals surface area contributed by atoms with Crippen LogP contribution in [0.3, 0.4) is 0 Å². The fraction of sp³-hybridized carbons (Fsp3) is 0.786. The van der Waals surface area contributed by atoms with Crippen LogP contribution < -0.4 is 0 Å². The van der Waals surface area contributed by atoms with Gasteiger partial charge in [-0.05, 0) is 25.8 Å². The van der Waals surface area contributed by atoms with Crippen LogP contribution in [0.15, 0.2) is 6.20 Å². The molecule has 1 aromatic rings. The minimum Gasteiger partial charge on any atom is -0.380 e. The van der Waals surface area contributed by atoms with Crippen LogP contribution in [-0.4, -0.2) is 41.2 Å². The second-order valence-electron chi connectivity index (χ2n) is 5.19. The normalized spacial score (nSPS) is 21.3. The van der Waals surface area contributed by atoms with Crippen molar-refractivity contribution in [3.63, 3.8) is 0 Å². The van der Waals surface area contributed by atoms with Crippen molar-refractivity contribution in [3.05, 3.63) is 17.7 Å². The summed E-state index contributed by atoms with van der Waals surface area (Å²) in [5.41, 5.74) is 1.23. The third-order valence-electron chi connectivity index (χ3n) is 3.64. The molecule has 1 N–H and O–H groups in total. The van der Waals surface area contributed by atoms with E-state index in [0.29, 0.717) is 6.10 Å². The molecule has 0 aromatic carbocycles. The number of ether oxygens (including phenoxy) is 1. The molecule has 4 heteroatoms. The topological polar surface area (TPSA) is 41.2 Å². The highest BCUT2D eigenvalue weighted by atomic mass is 16.5. The van der Waals surface area contributed by atoms with Crippen LogP contribution in [0.5, 0.6) is 0 Å². The van der Waals surface area contributed by atoms with E-state index in [9.17, 15) is 0 Å². The molecule has 1 fully saturated rings. The second-order valence-corrected chi connectivity index (χ2v) is 5.19. The van der Waals surface area contributed by atoms with Gasteiger partial charge in [-0.25, -0.2) is 4.98 Å². The lowest BCUT2D eigenvalue weighted by molar-refractivity contribution is 0.0282. The number of aromatic amines is 1. The van der Waals surface area contributed by atoms with Gasteiger partial charge in [-0.3, -0.25) is 4.90 Å². The van der Waals surface area contributed by atoms with E-state index >= 15 is 0 Å². The zero-order valence-electron chi connectivity index (χ0n) is 11.6. The van der Waals surface area contributed by atoms with Gasteiger partial charge in [0.25, 0.3) is 0 Å². The highest BCUT2D eigenvalue weighted by molar-refractivity contribution is 5.01. The average molecular weight is 251 g/mol. The number of unbranched alkanes of at least 4 members (excludes halogenated alkanes) is 1. The zero-order valence-corrected chi connectivity index (χ0v) is 11.6. The van der Waals surface area contributed by atoms with Crippen molar-refractivity contribution in [3.8, 4) is 0 Å². The number of nitrogens with one attached hydrogen (secondary N) is 1. The first-order valence-electron chi connectivity index (χ1n) is 7.09. The van der Waals surface area contributed by atoms with E-state index in [2.05, 4.69) is 21.8 Å². The summed E-state index contributed by atoms with van der Waals surface area (Å²) in [4.78, 5) is 10.3. The summed E-state index contributed by atoms with van der Waals surface area (Å²) in [6.45, 7) is 5.39. The Morgan fingerprint density at radius 1 is 1.56 bits per heavy atom. The van der Waals surface area contributed by atoms with Crippen molar-refractivity contribution in [2.75, 3.05) is 20.2 Å². The molecule has 0 radical (unpaired) electrons. The number of aromatic nitrogens is 2. The summed E-state index contributed by atoms with van der Waals surface area (Å²) in [5.74, 6) is 1.13. The van der Waals surface area contributed by atoms with Crippen molar-refractivity contribution in [1.82, 2.24) is 14.9 Å².